The zero-order valence-electron chi connectivity index (χ0n) is 11.0. The van der Waals surface area contributed by atoms with E-state index < -0.39 is 11.6 Å². The van der Waals surface area contributed by atoms with Gasteiger partial charge in [0.05, 0.1) is 6.54 Å². The molecule has 5 heteroatoms. The van der Waals surface area contributed by atoms with Gasteiger partial charge in [0, 0.05) is 25.2 Å². The van der Waals surface area contributed by atoms with Gasteiger partial charge in [0.2, 0.25) is 5.91 Å². The molecule has 3 nitrogen and oxygen atoms in total. The van der Waals surface area contributed by atoms with Crippen LogP contribution in [-0.4, -0.2) is 30.4 Å². The Balaban J connectivity index is 1.89. The Bertz CT molecular complexity index is 439. The van der Waals surface area contributed by atoms with Gasteiger partial charge in [-0.1, -0.05) is 0 Å². The molecule has 0 saturated carbocycles. The molecule has 1 aliphatic heterocycles. The molecule has 1 saturated heterocycles. The summed E-state index contributed by atoms with van der Waals surface area (Å²) in [4.78, 5) is 13.6. The van der Waals surface area contributed by atoms with Gasteiger partial charge in [0.15, 0.2) is 0 Å². The second-order valence-electron chi connectivity index (χ2n) is 4.89. The first-order valence-electron chi connectivity index (χ1n) is 6.53. The number of carbonyl (C=O) groups excluding carboxylic acids is 1. The average molecular weight is 268 g/mol. The summed E-state index contributed by atoms with van der Waals surface area (Å²) >= 11 is 0. The van der Waals surface area contributed by atoms with Crippen LogP contribution in [0.25, 0.3) is 0 Å². The van der Waals surface area contributed by atoms with E-state index >= 15 is 0 Å². The Kier molecular flexibility index (Phi) is 4.47. The predicted octanol–water partition coefficient (Wildman–Crippen LogP) is 2.24. The van der Waals surface area contributed by atoms with Crippen LogP contribution in [0.1, 0.15) is 31.4 Å². The third-order valence-electron chi connectivity index (χ3n) is 3.40. The SMILES string of the molecule is CC(NCC(=O)N1CCCC1)c1cc(F)cc(F)c1. The van der Waals surface area contributed by atoms with E-state index in [1.54, 1.807) is 6.92 Å². The van der Waals surface area contributed by atoms with Gasteiger partial charge in [-0.05, 0) is 37.5 Å². The molecule has 0 bridgehead atoms. The van der Waals surface area contributed by atoms with E-state index in [0.717, 1.165) is 32.0 Å². The molecule has 0 radical (unpaired) electrons. The standard InChI is InChI=1S/C14H18F2N2O/c1-10(11-6-12(15)8-13(16)7-11)17-9-14(19)18-4-2-3-5-18/h6-8,10,17H,2-5,9H2,1H3. The second kappa shape index (κ2) is 6.10. The molecule has 19 heavy (non-hydrogen) atoms. The van der Waals surface area contributed by atoms with E-state index in [1.807, 2.05) is 4.90 Å². The van der Waals surface area contributed by atoms with Gasteiger partial charge >= 0.3 is 0 Å². The lowest BCUT2D eigenvalue weighted by molar-refractivity contribution is -0.129. The van der Waals surface area contributed by atoms with Crippen molar-refractivity contribution >= 4 is 5.91 Å². The van der Waals surface area contributed by atoms with Crippen LogP contribution in [-0.2, 0) is 4.79 Å². The van der Waals surface area contributed by atoms with Crippen molar-refractivity contribution < 1.29 is 13.6 Å². The fraction of sp³-hybridized carbons (Fsp3) is 0.500. The highest BCUT2D eigenvalue weighted by molar-refractivity contribution is 5.78. The molecule has 1 aromatic carbocycles. The monoisotopic (exact) mass is 268 g/mol. The molecule has 2 rings (SSSR count). The van der Waals surface area contributed by atoms with Crippen molar-refractivity contribution in [3.05, 3.63) is 35.4 Å². The number of halogens is 2. The normalized spacial score (nSPS) is 16.7. The smallest absolute Gasteiger partial charge is 0.236 e. The van der Waals surface area contributed by atoms with E-state index in [0.29, 0.717) is 5.56 Å². The van der Waals surface area contributed by atoms with Crippen LogP contribution in [0.3, 0.4) is 0 Å². The minimum absolute atomic E-state index is 0.0428. The maximum Gasteiger partial charge on any atom is 0.236 e. The maximum absolute atomic E-state index is 13.1. The Morgan fingerprint density at radius 2 is 1.84 bits per heavy atom. The molecule has 1 unspecified atom stereocenters. The van der Waals surface area contributed by atoms with Crippen LogP contribution >= 0.6 is 0 Å². The Labute approximate surface area is 111 Å². The van der Waals surface area contributed by atoms with Gasteiger partial charge in [-0.25, -0.2) is 8.78 Å². The fourth-order valence-corrected chi connectivity index (χ4v) is 2.26. The number of likely N-dealkylation sites (tertiary alicyclic amines) is 1. The number of nitrogens with zero attached hydrogens (tertiary/aromatic N) is 1. The third kappa shape index (κ3) is 3.73. The molecule has 1 atom stereocenters. The number of hydrogen-bond donors (Lipinski definition) is 1. The minimum Gasteiger partial charge on any atom is -0.342 e. The van der Waals surface area contributed by atoms with Gasteiger partial charge in [-0.2, -0.15) is 0 Å². The molecule has 0 aliphatic carbocycles. The van der Waals surface area contributed by atoms with Gasteiger partial charge in [0.25, 0.3) is 0 Å². The molecule has 104 valence electrons. The second-order valence-corrected chi connectivity index (χ2v) is 4.89. The molecule has 1 amide bonds. The molecule has 1 aliphatic rings. The Hall–Kier alpha value is -1.49. The lowest BCUT2D eigenvalue weighted by Crippen LogP contribution is -2.37. The summed E-state index contributed by atoms with van der Waals surface area (Å²) in [7, 11) is 0. The van der Waals surface area contributed by atoms with Crippen LogP contribution in [0, 0.1) is 11.6 Å². The average Bonchev–Trinajstić information content (AvgIpc) is 2.88. The highest BCUT2D eigenvalue weighted by Gasteiger charge is 2.18. The van der Waals surface area contributed by atoms with E-state index in [1.165, 1.54) is 12.1 Å². The Morgan fingerprint density at radius 3 is 2.42 bits per heavy atom. The lowest BCUT2D eigenvalue weighted by Gasteiger charge is -2.18. The van der Waals surface area contributed by atoms with E-state index in [4.69, 9.17) is 0 Å². The number of rotatable bonds is 4. The van der Waals surface area contributed by atoms with E-state index in [9.17, 15) is 13.6 Å². The summed E-state index contributed by atoms with van der Waals surface area (Å²) in [6.45, 7) is 3.59. The maximum atomic E-state index is 13.1. The summed E-state index contributed by atoms with van der Waals surface area (Å²) in [6, 6.07) is 3.13. The topological polar surface area (TPSA) is 32.3 Å². The first-order valence-corrected chi connectivity index (χ1v) is 6.53. The highest BCUT2D eigenvalue weighted by atomic mass is 19.1. The largest absolute Gasteiger partial charge is 0.342 e. The van der Waals surface area contributed by atoms with E-state index in [-0.39, 0.29) is 18.5 Å². The van der Waals surface area contributed by atoms with Crippen molar-refractivity contribution in [2.24, 2.45) is 0 Å². The first kappa shape index (κ1) is 13.9. The molecule has 0 spiro atoms. The van der Waals surface area contributed by atoms with Crippen molar-refractivity contribution in [1.82, 2.24) is 10.2 Å². The molecule has 1 N–H and O–H groups in total. The zero-order chi connectivity index (χ0) is 13.8. The molecule has 0 aromatic heterocycles. The van der Waals surface area contributed by atoms with Crippen molar-refractivity contribution in [2.45, 2.75) is 25.8 Å². The van der Waals surface area contributed by atoms with Gasteiger partial charge < -0.3 is 10.2 Å². The number of amides is 1. The van der Waals surface area contributed by atoms with Crippen molar-refractivity contribution in [2.75, 3.05) is 19.6 Å². The number of hydrogen-bond acceptors (Lipinski definition) is 2. The lowest BCUT2D eigenvalue weighted by atomic mass is 10.1. The number of benzene rings is 1. The quantitative estimate of drug-likeness (QED) is 0.908. The number of carbonyl (C=O) groups is 1. The van der Waals surface area contributed by atoms with Crippen LogP contribution in [0.2, 0.25) is 0 Å². The summed E-state index contributed by atoms with van der Waals surface area (Å²) in [5, 5.41) is 3.01. The van der Waals surface area contributed by atoms with Crippen LogP contribution < -0.4 is 5.32 Å². The molecule has 1 heterocycles. The predicted molar refractivity (Wildman–Crippen MR) is 68.6 cm³/mol. The highest BCUT2D eigenvalue weighted by Crippen LogP contribution is 2.16. The van der Waals surface area contributed by atoms with Gasteiger partial charge in [0.1, 0.15) is 11.6 Å². The third-order valence-corrected chi connectivity index (χ3v) is 3.40. The van der Waals surface area contributed by atoms with Gasteiger partial charge in [-0.3, -0.25) is 4.79 Å². The number of nitrogens with one attached hydrogen (secondary N) is 1. The molecular weight excluding hydrogens is 250 g/mol. The summed E-state index contributed by atoms with van der Waals surface area (Å²) in [5.74, 6) is -1.16. The van der Waals surface area contributed by atoms with Gasteiger partial charge in [-0.15, -0.1) is 0 Å². The fourth-order valence-electron chi connectivity index (χ4n) is 2.26. The molecule has 1 aromatic rings. The van der Waals surface area contributed by atoms with Crippen LogP contribution in [0.15, 0.2) is 18.2 Å². The van der Waals surface area contributed by atoms with Crippen LogP contribution in [0.5, 0.6) is 0 Å². The minimum atomic E-state index is -0.602. The van der Waals surface area contributed by atoms with Crippen molar-refractivity contribution in [1.29, 1.82) is 0 Å². The Morgan fingerprint density at radius 1 is 1.26 bits per heavy atom. The first-order chi connectivity index (χ1) is 9.06. The molecule has 1 fully saturated rings. The molecular formula is C14H18F2N2O. The zero-order valence-corrected chi connectivity index (χ0v) is 11.0. The summed E-state index contributed by atoms with van der Waals surface area (Å²) in [6.07, 6.45) is 2.10. The summed E-state index contributed by atoms with van der Waals surface area (Å²) < 4.78 is 26.2. The van der Waals surface area contributed by atoms with Crippen molar-refractivity contribution in [3.63, 3.8) is 0 Å². The van der Waals surface area contributed by atoms with Crippen LogP contribution in [0.4, 0.5) is 8.78 Å². The summed E-state index contributed by atoms with van der Waals surface area (Å²) in [5.41, 5.74) is 0.506. The van der Waals surface area contributed by atoms with Crippen molar-refractivity contribution in [3.8, 4) is 0 Å². The van der Waals surface area contributed by atoms with E-state index in [2.05, 4.69) is 5.32 Å².